The molecule has 3 rings (SSSR count). The number of hydrogen-bond donors (Lipinski definition) is 2. The molecule has 0 fully saturated rings. The minimum atomic E-state index is -0.672. The topological polar surface area (TPSA) is 116 Å². The van der Waals surface area contributed by atoms with E-state index in [0.29, 0.717) is 11.3 Å². The van der Waals surface area contributed by atoms with Gasteiger partial charge in [-0.2, -0.15) is 0 Å². The SMILES string of the molecule is CCOC(=O)c1cc2c(C(=O)OCC)c(-c3ccccc3)[nH]c(=O)n2c1N. The van der Waals surface area contributed by atoms with E-state index in [-0.39, 0.29) is 35.7 Å². The monoisotopic (exact) mass is 369 g/mol. The van der Waals surface area contributed by atoms with Gasteiger partial charge in [-0.3, -0.25) is 0 Å². The molecule has 0 aliphatic heterocycles. The number of esters is 2. The fraction of sp³-hybridized carbons (Fsp3) is 0.211. The first-order valence-electron chi connectivity index (χ1n) is 8.46. The molecule has 0 atom stereocenters. The highest BCUT2D eigenvalue weighted by Crippen LogP contribution is 2.28. The molecule has 2 aromatic heterocycles. The van der Waals surface area contributed by atoms with Gasteiger partial charge in [-0.1, -0.05) is 30.3 Å². The second-order valence-corrected chi connectivity index (χ2v) is 5.65. The Balaban J connectivity index is 2.37. The number of nitrogens with zero attached hydrogens (tertiary/aromatic N) is 1. The first-order chi connectivity index (χ1) is 13.0. The highest BCUT2D eigenvalue weighted by Gasteiger charge is 2.26. The lowest BCUT2D eigenvalue weighted by Crippen LogP contribution is -2.23. The number of aromatic nitrogens is 2. The predicted molar refractivity (Wildman–Crippen MR) is 99.8 cm³/mol. The number of H-pyrrole nitrogens is 1. The smallest absolute Gasteiger partial charge is 0.342 e. The Morgan fingerprint density at radius 2 is 1.70 bits per heavy atom. The molecule has 140 valence electrons. The largest absolute Gasteiger partial charge is 0.462 e. The average Bonchev–Trinajstić information content (AvgIpc) is 3.00. The lowest BCUT2D eigenvalue weighted by Gasteiger charge is -2.11. The zero-order valence-electron chi connectivity index (χ0n) is 14.9. The van der Waals surface area contributed by atoms with Gasteiger partial charge in [0.25, 0.3) is 0 Å². The van der Waals surface area contributed by atoms with Crippen molar-refractivity contribution in [3.63, 3.8) is 0 Å². The number of nitrogens with one attached hydrogen (secondary N) is 1. The number of rotatable bonds is 5. The van der Waals surface area contributed by atoms with Crippen LogP contribution in [0.1, 0.15) is 34.6 Å². The number of hydrogen-bond acceptors (Lipinski definition) is 6. The molecule has 8 nitrogen and oxygen atoms in total. The van der Waals surface area contributed by atoms with Crippen molar-refractivity contribution in [2.75, 3.05) is 18.9 Å². The van der Waals surface area contributed by atoms with Gasteiger partial charge in [-0.15, -0.1) is 0 Å². The summed E-state index contributed by atoms with van der Waals surface area (Å²) in [6.07, 6.45) is 0. The molecule has 1 aromatic carbocycles. The van der Waals surface area contributed by atoms with E-state index in [2.05, 4.69) is 4.98 Å². The summed E-state index contributed by atoms with van der Waals surface area (Å²) >= 11 is 0. The van der Waals surface area contributed by atoms with Crippen LogP contribution in [-0.4, -0.2) is 34.5 Å². The summed E-state index contributed by atoms with van der Waals surface area (Å²) < 4.78 is 11.2. The maximum absolute atomic E-state index is 12.7. The first-order valence-corrected chi connectivity index (χ1v) is 8.46. The lowest BCUT2D eigenvalue weighted by atomic mass is 10.1. The maximum atomic E-state index is 12.7. The standard InChI is InChI=1S/C19H19N3O5/c1-3-26-17(23)12-10-13-14(18(24)27-4-2)15(11-8-6-5-7-9-11)21-19(25)22(13)16(12)20/h5-10H,3-4,20H2,1-2H3,(H,21,25). The zero-order chi connectivity index (χ0) is 19.6. The van der Waals surface area contributed by atoms with Crippen LogP contribution in [0.2, 0.25) is 0 Å². The molecule has 3 N–H and O–H groups in total. The second-order valence-electron chi connectivity index (χ2n) is 5.65. The van der Waals surface area contributed by atoms with Gasteiger partial charge in [-0.25, -0.2) is 18.8 Å². The Kier molecular flexibility index (Phi) is 4.98. The van der Waals surface area contributed by atoms with Gasteiger partial charge >= 0.3 is 17.6 Å². The minimum absolute atomic E-state index is 0.0121. The molecule has 0 spiro atoms. The van der Waals surface area contributed by atoms with Crippen molar-refractivity contribution in [1.29, 1.82) is 0 Å². The van der Waals surface area contributed by atoms with Gasteiger partial charge < -0.3 is 20.2 Å². The highest BCUT2D eigenvalue weighted by atomic mass is 16.5. The molecule has 0 amide bonds. The average molecular weight is 369 g/mol. The van der Waals surface area contributed by atoms with Crippen molar-refractivity contribution in [2.45, 2.75) is 13.8 Å². The third-order valence-corrected chi connectivity index (χ3v) is 4.02. The lowest BCUT2D eigenvalue weighted by molar-refractivity contribution is 0.0517. The van der Waals surface area contributed by atoms with Crippen LogP contribution in [0, 0.1) is 0 Å². The van der Waals surface area contributed by atoms with Gasteiger partial charge in [0, 0.05) is 0 Å². The van der Waals surface area contributed by atoms with Gasteiger partial charge in [0.05, 0.1) is 24.4 Å². The Hall–Kier alpha value is -3.55. The molecule has 0 saturated heterocycles. The Morgan fingerprint density at radius 1 is 1.07 bits per heavy atom. The first kappa shape index (κ1) is 18.2. The van der Waals surface area contributed by atoms with Gasteiger partial charge in [-0.05, 0) is 25.5 Å². The van der Waals surface area contributed by atoms with Crippen LogP contribution in [0.5, 0.6) is 0 Å². The molecule has 0 bridgehead atoms. The molecular weight excluding hydrogens is 350 g/mol. The molecule has 0 aliphatic carbocycles. The Morgan fingerprint density at radius 3 is 2.33 bits per heavy atom. The van der Waals surface area contributed by atoms with Crippen molar-refractivity contribution in [1.82, 2.24) is 9.38 Å². The molecule has 0 radical (unpaired) electrons. The van der Waals surface area contributed by atoms with E-state index in [0.717, 1.165) is 4.40 Å². The van der Waals surface area contributed by atoms with E-state index in [4.69, 9.17) is 15.2 Å². The maximum Gasteiger partial charge on any atom is 0.342 e. The van der Waals surface area contributed by atoms with Gasteiger partial charge in [0.15, 0.2) is 0 Å². The zero-order valence-corrected chi connectivity index (χ0v) is 14.9. The quantitative estimate of drug-likeness (QED) is 0.666. The normalized spacial score (nSPS) is 10.7. The molecule has 0 unspecified atom stereocenters. The highest BCUT2D eigenvalue weighted by molar-refractivity contribution is 6.06. The second kappa shape index (κ2) is 7.36. The van der Waals surface area contributed by atoms with E-state index in [1.165, 1.54) is 6.07 Å². The number of benzene rings is 1. The summed E-state index contributed by atoms with van der Waals surface area (Å²) in [5, 5.41) is 0. The van der Waals surface area contributed by atoms with E-state index in [9.17, 15) is 14.4 Å². The number of aromatic amines is 1. The van der Waals surface area contributed by atoms with Crippen LogP contribution >= 0.6 is 0 Å². The van der Waals surface area contributed by atoms with E-state index in [1.807, 2.05) is 6.07 Å². The summed E-state index contributed by atoms with van der Waals surface area (Å²) in [5.74, 6) is -1.41. The molecule has 27 heavy (non-hydrogen) atoms. The van der Waals surface area contributed by atoms with Crippen molar-refractivity contribution in [2.24, 2.45) is 0 Å². The molecular formula is C19H19N3O5. The van der Waals surface area contributed by atoms with Gasteiger partial charge in [0.1, 0.15) is 16.9 Å². The van der Waals surface area contributed by atoms with E-state index in [1.54, 1.807) is 38.1 Å². The number of anilines is 1. The molecule has 3 aromatic rings. The Bertz CT molecular complexity index is 1070. The van der Waals surface area contributed by atoms with Crippen LogP contribution in [0.15, 0.2) is 41.2 Å². The van der Waals surface area contributed by atoms with Crippen LogP contribution in [-0.2, 0) is 9.47 Å². The number of nitrogens with two attached hydrogens (primary N) is 1. The summed E-state index contributed by atoms with van der Waals surface area (Å²) in [7, 11) is 0. The summed E-state index contributed by atoms with van der Waals surface area (Å²) in [4.78, 5) is 40.1. The Labute approximate surface area is 154 Å². The number of ether oxygens (including phenoxy) is 2. The third kappa shape index (κ3) is 3.17. The van der Waals surface area contributed by atoms with Crippen molar-refractivity contribution < 1.29 is 19.1 Å². The predicted octanol–water partition coefficient (Wildman–Crippen LogP) is 2.23. The van der Waals surface area contributed by atoms with Crippen molar-refractivity contribution in [3.05, 3.63) is 58.0 Å². The summed E-state index contributed by atoms with van der Waals surface area (Å²) in [6, 6.07) is 10.3. The summed E-state index contributed by atoms with van der Waals surface area (Å²) in [5.41, 5.74) is 6.63. The van der Waals surface area contributed by atoms with Crippen molar-refractivity contribution in [3.8, 4) is 11.3 Å². The van der Waals surface area contributed by atoms with Crippen LogP contribution in [0.25, 0.3) is 16.8 Å². The number of carbonyl (C=O) groups excluding carboxylic acids is 2. The van der Waals surface area contributed by atoms with Gasteiger partial charge in [0.2, 0.25) is 0 Å². The van der Waals surface area contributed by atoms with E-state index >= 15 is 0 Å². The molecule has 0 saturated carbocycles. The number of carbonyl (C=O) groups is 2. The van der Waals surface area contributed by atoms with E-state index < -0.39 is 17.6 Å². The fourth-order valence-electron chi connectivity index (χ4n) is 2.89. The van der Waals surface area contributed by atoms with Crippen LogP contribution < -0.4 is 11.4 Å². The molecule has 2 heterocycles. The summed E-state index contributed by atoms with van der Waals surface area (Å²) in [6.45, 7) is 3.65. The third-order valence-electron chi connectivity index (χ3n) is 4.02. The number of nitrogen functional groups attached to an aromatic ring is 1. The van der Waals surface area contributed by atoms with Crippen molar-refractivity contribution >= 4 is 23.3 Å². The molecule has 8 heteroatoms. The number of fused-ring (bicyclic) bond motifs is 1. The molecule has 0 aliphatic rings. The van der Waals surface area contributed by atoms with Crippen LogP contribution in [0.3, 0.4) is 0 Å². The minimum Gasteiger partial charge on any atom is -0.462 e. The van der Waals surface area contributed by atoms with Crippen LogP contribution in [0.4, 0.5) is 5.82 Å². The fourth-order valence-corrected chi connectivity index (χ4v) is 2.89.